The van der Waals surface area contributed by atoms with Crippen molar-refractivity contribution in [2.75, 3.05) is 40.0 Å². The molecule has 0 N–H and O–H groups in total. The molecule has 3 heterocycles. The fourth-order valence-corrected chi connectivity index (χ4v) is 4.16. The van der Waals surface area contributed by atoms with Gasteiger partial charge >= 0.3 is 0 Å². The molecule has 5 nitrogen and oxygen atoms in total. The van der Waals surface area contributed by atoms with Gasteiger partial charge in [-0.2, -0.15) is 11.8 Å². The molecule has 0 radical (unpaired) electrons. The topological polar surface area (TPSA) is 45.7 Å². The van der Waals surface area contributed by atoms with Crippen LogP contribution in [0.5, 0.6) is 5.75 Å². The van der Waals surface area contributed by atoms with E-state index in [9.17, 15) is 4.79 Å². The summed E-state index contributed by atoms with van der Waals surface area (Å²) in [5.41, 5.74) is 1.65. The molecule has 3 rings (SSSR count). The molecule has 120 valence electrons. The number of aromatic nitrogens is 1. The van der Waals surface area contributed by atoms with Crippen LogP contribution in [0.1, 0.15) is 22.5 Å². The molecule has 0 unspecified atom stereocenters. The largest absolute Gasteiger partial charge is 0.492 e. The Hall–Kier alpha value is -1.27. The van der Waals surface area contributed by atoms with Crippen LogP contribution >= 0.6 is 11.8 Å². The van der Waals surface area contributed by atoms with E-state index in [1.807, 2.05) is 22.7 Å². The minimum atomic E-state index is 0.0387. The van der Waals surface area contributed by atoms with Gasteiger partial charge in [0.25, 0.3) is 5.91 Å². The molecule has 2 aliphatic heterocycles. The molecule has 0 spiro atoms. The first-order valence-electron chi connectivity index (χ1n) is 7.70. The quantitative estimate of drug-likeness (QED) is 0.845. The highest BCUT2D eigenvalue weighted by molar-refractivity contribution is 7.99. The predicted octanol–water partition coefficient (Wildman–Crippen LogP) is 1.52. The molecule has 0 saturated carbocycles. The van der Waals surface area contributed by atoms with Gasteiger partial charge in [0.05, 0.1) is 12.8 Å². The van der Waals surface area contributed by atoms with E-state index in [4.69, 9.17) is 4.74 Å². The van der Waals surface area contributed by atoms with E-state index in [1.165, 1.54) is 0 Å². The summed E-state index contributed by atoms with van der Waals surface area (Å²) < 4.78 is 5.57. The Bertz CT molecular complexity index is 564. The number of pyridine rings is 1. The average molecular weight is 321 g/mol. The number of carbonyl (C=O) groups is 1. The lowest BCUT2D eigenvalue weighted by Crippen LogP contribution is -2.37. The zero-order valence-electron chi connectivity index (χ0n) is 13.4. The van der Waals surface area contributed by atoms with Gasteiger partial charge in [0.2, 0.25) is 0 Å². The second-order valence-corrected chi connectivity index (χ2v) is 7.22. The number of hydrogen-bond donors (Lipinski definition) is 0. The summed E-state index contributed by atoms with van der Waals surface area (Å²) in [5.74, 6) is 0.870. The number of aryl methyl sites for hydroxylation is 1. The SMILES string of the molecule is CS[C@@H]1CN(C(=O)c2cc3c(cn2)OCCC3)C[C@@H]1N(C)C. The molecule has 1 amide bonds. The summed E-state index contributed by atoms with van der Waals surface area (Å²) in [5, 5.41) is 0.458. The molecular weight excluding hydrogens is 298 g/mol. The Morgan fingerprint density at radius 2 is 2.27 bits per heavy atom. The number of amides is 1. The highest BCUT2D eigenvalue weighted by atomic mass is 32.2. The van der Waals surface area contributed by atoms with Crippen molar-refractivity contribution in [2.45, 2.75) is 24.1 Å². The van der Waals surface area contributed by atoms with Crippen LogP contribution in [0.15, 0.2) is 12.3 Å². The van der Waals surface area contributed by atoms with E-state index < -0.39 is 0 Å². The molecule has 0 bridgehead atoms. The van der Waals surface area contributed by atoms with Gasteiger partial charge in [0, 0.05) is 24.4 Å². The summed E-state index contributed by atoms with van der Waals surface area (Å²) >= 11 is 1.83. The maximum atomic E-state index is 12.8. The van der Waals surface area contributed by atoms with Gasteiger partial charge in [0.1, 0.15) is 11.4 Å². The number of thioether (sulfide) groups is 1. The predicted molar refractivity (Wildman–Crippen MR) is 88.7 cm³/mol. The van der Waals surface area contributed by atoms with Gasteiger partial charge in [-0.1, -0.05) is 0 Å². The lowest BCUT2D eigenvalue weighted by atomic mass is 10.1. The first kappa shape index (κ1) is 15.6. The van der Waals surface area contributed by atoms with Crippen molar-refractivity contribution in [3.63, 3.8) is 0 Å². The van der Waals surface area contributed by atoms with Crippen LogP contribution in [0.4, 0.5) is 0 Å². The third-order valence-corrected chi connectivity index (χ3v) is 5.57. The monoisotopic (exact) mass is 321 g/mol. The summed E-state index contributed by atoms with van der Waals surface area (Å²) in [6, 6.07) is 2.31. The number of nitrogens with zero attached hydrogens (tertiary/aromatic N) is 3. The van der Waals surface area contributed by atoms with Crippen molar-refractivity contribution in [3.05, 3.63) is 23.5 Å². The van der Waals surface area contributed by atoms with Crippen molar-refractivity contribution in [1.29, 1.82) is 0 Å². The molecule has 1 fully saturated rings. The van der Waals surface area contributed by atoms with Crippen LogP contribution in [0.2, 0.25) is 0 Å². The van der Waals surface area contributed by atoms with E-state index in [1.54, 1.807) is 6.20 Å². The summed E-state index contributed by atoms with van der Waals surface area (Å²) in [6.07, 6.45) is 5.79. The van der Waals surface area contributed by atoms with Gasteiger partial charge < -0.3 is 14.5 Å². The molecule has 22 heavy (non-hydrogen) atoms. The van der Waals surface area contributed by atoms with Gasteiger partial charge in [0.15, 0.2) is 0 Å². The minimum absolute atomic E-state index is 0.0387. The highest BCUT2D eigenvalue weighted by Crippen LogP contribution is 2.27. The second-order valence-electron chi connectivity index (χ2n) is 6.14. The van der Waals surface area contributed by atoms with Crippen LogP contribution in [-0.4, -0.2) is 72.0 Å². The first-order valence-corrected chi connectivity index (χ1v) is 8.99. The zero-order valence-corrected chi connectivity index (χ0v) is 14.2. The Morgan fingerprint density at radius 3 is 2.95 bits per heavy atom. The number of fused-ring (bicyclic) bond motifs is 1. The Balaban J connectivity index is 1.77. The van der Waals surface area contributed by atoms with E-state index in [2.05, 4.69) is 30.2 Å². The molecule has 6 heteroatoms. The third kappa shape index (κ3) is 2.94. The smallest absolute Gasteiger partial charge is 0.272 e. The number of hydrogen-bond acceptors (Lipinski definition) is 5. The number of carbonyl (C=O) groups excluding carboxylic acids is 1. The van der Waals surface area contributed by atoms with E-state index in [0.29, 0.717) is 17.0 Å². The Kier molecular flexibility index (Phi) is 4.59. The lowest BCUT2D eigenvalue weighted by Gasteiger charge is -2.23. The molecule has 1 saturated heterocycles. The van der Waals surface area contributed by atoms with E-state index in [-0.39, 0.29) is 5.91 Å². The molecule has 1 aromatic heterocycles. The molecular formula is C16H23N3O2S. The van der Waals surface area contributed by atoms with Crippen LogP contribution in [0, 0.1) is 0 Å². The van der Waals surface area contributed by atoms with Gasteiger partial charge in [-0.3, -0.25) is 4.79 Å². The third-order valence-electron chi connectivity index (χ3n) is 4.51. The minimum Gasteiger partial charge on any atom is -0.492 e. The van der Waals surface area contributed by atoms with Crippen molar-refractivity contribution >= 4 is 17.7 Å². The molecule has 0 aliphatic carbocycles. The van der Waals surface area contributed by atoms with Crippen LogP contribution in [0.3, 0.4) is 0 Å². The Morgan fingerprint density at radius 1 is 1.45 bits per heavy atom. The Labute approximate surface area is 136 Å². The molecule has 0 aromatic carbocycles. The van der Waals surface area contributed by atoms with E-state index in [0.717, 1.165) is 43.9 Å². The summed E-state index contributed by atoms with van der Waals surface area (Å²) in [4.78, 5) is 21.2. The fraction of sp³-hybridized carbons (Fsp3) is 0.625. The van der Waals surface area contributed by atoms with Crippen LogP contribution in [0.25, 0.3) is 0 Å². The number of ether oxygens (including phenoxy) is 1. The standard InChI is InChI=1S/C16H23N3O2S/c1-18(2)13-9-19(10-15(13)22-3)16(20)12-7-11-5-4-6-21-14(11)8-17-12/h7-8,13,15H,4-6,9-10H2,1-3H3/t13-,15+/m0/s1. The first-order chi connectivity index (χ1) is 10.6. The van der Waals surface area contributed by atoms with Crippen molar-refractivity contribution < 1.29 is 9.53 Å². The number of rotatable bonds is 3. The summed E-state index contributed by atoms with van der Waals surface area (Å²) in [7, 11) is 4.16. The van der Waals surface area contributed by atoms with Crippen LogP contribution < -0.4 is 4.74 Å². The normalized spacial score (nSPS) is 24.3. The number of likely N-dealkylation sites (N-methyl/N-ethyl adjacent to an activating group) is 1. The van der Waals surface area contributed by atoms with Crippen molar-refractivity contribution in [2.24, 2.45) is 0 Å². The fourth-order valence-electron chi connectivity index (χ4n) is 3.18. The van der Waals surface area contributed by atoms with E-state index >= 15 is 0 Å². The van der Waals surface area contributed by atoms with Crippen molar-refractivity contribution in [3.8, 4) is 5.75 Å². The average Bonchev–Trinajstić information content (AvgIpc) is 2.98. The zero-order chi connectivity index (χ0) is 15.7. The van der Waals surface area contributed by atoms with Crippen molar-refractivity contribution in [1.82, 2.24) is 14.8 Å². The maximum Gasteiger partial charge on any atom is 0.272 e. The summed E-state index contributed by atoms with van der Waals surface area (Å²) in [6.45, 7) is 2.30. The molecule has 2 atom stereocenters. The molecule has 1 aromatic rings. The van der Waals surface area contributed by atoms with Gasteiger partial charge in [-0.25, -0.2) is 4.98 Å². The van der Waals surface area contributed by atoms with Gasteiger partial charge in [-0.05, 0) is 44.8 Å². The second kappa shape index (κ2) is 6.46. The van der Waals surface area contributed by atoms with Crippen LogP contribution in [-0.2, 0) is 6.42 Å². The number of likely N-dealkylation sites (tertiary alicyclic amines) is 1. The lowest BCUT2D eigenvalue weighted by molar-refractivity contribution is 0.0777. The highest BCUT2D eigenvalue weighted by Gasteiger charge is 2.36. The molecule has 2 aliphatic rings. The van der Waals surface area contributed by atoms with Gasteiger partial charge in [-0.15, -0.1) is 0 Å². The maximum absolute atomic E-state index is 12.8.